The lowest BCUT2D eigenvalue weighted by Crippen LogP contribution is -3.10. The Morgan fingerprint density at radius 1 is 1.50 bits per heavy atom. The van der Waals surface area contributed by atoms with Gasteiger partial charge in [-0.25, -0.2) is 0 Å². The first kappa shape index (κ1) is 15.1. The molecular weight excluding hydrogens is 282 g/mol. The van der Waals surface area contributed by atoms with Gasteiger partial charge < -0.3 is 19.7 Å². The van der Waals surface area contributed by atoms with Gasteiger partial charge in [-0.2, -0.15) is 0 Å². The van der Waals surface area contributed by atoms with Crippen molar-refractivity contribution >= 4 is 12.0 Å². The third-order valence-corrected chi connectivity index (χ3v) is 4.51. The van der Waals surface area contributed by atoms with E-state index in [4.69, 9.17) is 4.74 Å². The number of hydrogen-bond acceptors (Lipinski definition) is 4. The van der Waals surface area contributed by atoms with Gasteiger partial charge in [0.2, 0.25) is 0 Å². The molecule has 3 rings (SSSR count). The molecule has 0 saturated heterocycles. The number of allylic oxidation sites excluding steroid dienone is 1. The SMILES string of the molecule is CC1=Cc2ccc3c(c2C[NH+]1CC(=O)[O-])O[C@@H](C(C)(C)O)C3. The molecule has 0 aliphatic carbocycles. The van der Waals surface area contributed by atoms with Crippen LogP contribution in [0.3, 0.4) is 0 Å². The van der Waals surface area contributed by atoms with Crippen molar-refractivity contribution in [2.75, 3.05) is 6.54 Å². The lowest BCUT2D eigenvalue weighted by molar-refractivity contribution is -0.869. The molecule has 2 aliphatic heterocycles. The summed E-state index contributed by atoms with van der Waals surface area (Å²) in [4.78, 5) is 11.8. The summed E-state index contributed by atoms with van der Waals surface area (Å²) in [5.41, 5.74) is 3.23. The molecule has 5 nitrogen and oxygen atoms in total. The molecule has 0 aromatic heterocycles. The fourth-order valence-corrected chi connectivity index (χ4v) is 3.16. The number of quaternary nitrogens is 1. The number of aliphatic carboxylic acids is 1. The molecule has 2 N–H and O–H groups in total. The van der Waals surface area contributed by atoms with Crippen LogP contribution in [0.2, 0.25) is 0 Å². The van der Waals surface area contributed by atoms with Gasteiger partial charge in [-0.05, 0) is 25.0 Å². The number of aliphatic hydroxyl groups is 1. The molecule has 22 heavy (non-hydrogen) atoms. The van der Waals surface area contributed by atoms with Crippen molar-refractivity contribution in [2.45, 2.75) is 45.4 Å². The molecule has 0 spiro atoms. The molecule has 0 bridgehead atoms. The van der Waals surface area contributed by atoms with E-state index < -0.39 is 11.6 Å². The maximum Gasteiger partial charge on any atom is 0.132 e. The van der Waals surface area contributed by atoms with Crippen LogP contribution in [0, 0.1) is 0 Å². The van der Waals surface area contributed by atoms with E-state index in [0.29, 0.717) is 13.0 Å². The Labute approximate surface area is 129 Å². The van der Waals surface area contributed by atoms with Crippen LogP contribution < -0.4 is 14.7 Å². The highest BCUT2D eigenvalue weighted by Gasteiger charge is 2.37. The molecule has 0 saturated carbocycles. The van der Waals surface area contributed by atoms with Crippen LogP contribution in [-0.4, -0.2) is 29.3 Å². The number of carboxylic acids is 1. The van der Waals surface area contributed by atoms with E-state index in [9.17, 15) is 15.0 Å². The van der Waals surface area contributed by atoms with Gasteiger partial charge in [-0.3, -0.25) is 4.90 Å². The highest BCUT2D eigenvalue weighted by molar-refractivity contribution is 5.67. The van der Waals surface area contributed by atoms with Crippen molar-refractivity contribution in [3.63, 3.8) is 0 Å². The summed E-state index contributed by atoms with van der Waals surface area (Å²) < 4.78 is 6.00. The molecule has 2 heterocycles. The Morgan fingerprint density at radius 2 is 2.23 bits per heavy atom. The maximum absolute atomic E-state index is 10.9. The zero-order chi connectivity index (χ0) is 16.1. The van der Waals surface area contributed by atoms with Gasteiger partial charge in [0.05, 0.1) is 17.1 Å². The number of carbonyl (C=O) groups excluding carboxylic acids is 1. The number of carboxylic acid groups (broad SMARTS) is 1. The van der Waals surface area contributed by atoms with Gasteiger partial charge in [0, 0.05) is 19.4 Å². The lowest BCUT2D eigenvalue weighted by atomic mass is 9.94. The zero-order valence-corrected chi connectivity index (χ0v) is 13.1. The number of ether oxygens (including phenoxy) is 1. The van der Waals surface area contributed by atoms with E-state index in [1.54, 1.807) is 13.8 Å². The minimum absolute atomic E-state index is 0.0552. The lowest BCUT2D eigenvalue weighted by Gasteiger charge is -2.27. The minimum atomic E-state index is -1.06. The van der Waals surface area contributed by atoms with Crippen LogP contribution in [0.4, 0.5) is 0 Å². The third-order valence-electron chi connectivity index (χ3n) is 4.51. The molecule has 0 fully saturated rings. The third kappa shape index (κ3) is 2.62. The first-order valence-electron chi connectivity index (χ1n) is 7.52. The molecular formula is C17H21NO4. The fourth-order valence-electron chi connectivity index (χ4n) is 3.16. The van der Waals surface area contributed by atoms with Crippen molar-refractivity contribution in [1.29, 1.82) is 0 Å². The van der Waals surface area contributed by atoms with Crippen molar-refractivity contribution in [3.05, 3.63) is 34.5 Å². The highest BCUT2D eigenvalue weighted by atomic mass is 16.5. The maximum atomic E-state index is 10.9. The largest absolute Gasteiger partial charge is 0.544 e. The van der Waals surface area contributed by atoms with Crippen molar-refractivity contribution < 1.29 is 24.6 Å². The quantitative estimate of drug-likeness (QED) is 0.772. The van der Waals surface area contributed by atoms with Gasteiger partial charge in [-0.1, -0.05) is 12.1 Å². The molecule has 0 amide bonds. The normalized spacial score (nSPS) is 23.4. The van der Waals surface area contributed by atoms with Crippen LogP contribution in [-0.2, 0) is 17.8 Å². The first-order valence-corrected chi connectivity index (χ1v) is 7.52. The molecule has 2 aliphatic rings. The second kappa shape index (κ2) is 5.11. The second-order valence-corrected chi connectivity index (χ2v) is 6.74. The van der Waals surface area contributed by atoms with E-state index in [-0.39, 0.29) is 12.6 Å². The Morgan fingerprint density at radius 3 is 2.86 bits per heavy atom. The van der Waals surface area contributed by atoms with Crippen LogP contribution in [0.1, 0.15) is 37.5 Å². The van der Waals surface area contributed by atoms with Crippen LogP contribution in [0.5, 0.6) is 5.75 Å². The number of hydrogen-bond donors (Lipinski definition) is 2. The Hall–Kier alpha value is -1.85. The molecule has 1 unspecified atom stereocenters. The summed E-state index contributed by atoms with van der Waals surface area (Å²) >= 11 is 0. The second-order valence-electron chi connectivity index (χ2n) is 6.74. The summed E-state index contributed by atoms with van der Waals surface area (Å²) in [6, 6.07) is 4.08. The molecule has 1 aromatic rings. The molecule has 2 atom stereocenters. The Bertz CT molecular complexity index is 657. The minimum Gasteiger partial charge on any atom is -0.544 e. The summed E-state index contributed by atoms with van der Waals surface area (Å²) in [6.07, 6.45) is 2.40. The average Bonchev–Trinajstić information content (AvgIpc) is 2.83. The number of rotatable bonds is 3. The molecule has 118 valence electrons. The monoisotopic (exact) mass is 303 g/mol. The van der Waals surface area contributed by atoms with Gasteiger partial charge in [0.25, 0.3) is 0 Å². The number of carbonyl (C=O) groups is 1. The summed E-state index contributed by atoms with van der Waals surface area (Å²) in [5, 5.41) is 21.1. The van der Waals surface area contributed by atoms with Crippen LogP contribution in [0.15, 0.2) is 17.8 Å². The Balaban J connectivity index is 1.95. The number of benzene rings is 1. The molecule has 0 radical (unpaired) electrons. The van der Waals surface area contributed by atoms with Crippen molar-refractivity contribution in [1.82, 2.24) is 0 Å². The zero-order valence-electron chi connectivity index (χ0n) is 13.1. The summed E-state index contributed by atoms with van der Waals surface area (Å²) in [6.45, 7) is 5.92. The van der Waals surface area contributed by atoms with Crippen molar-refractivity contribution in [2.24, 2.45) is 0 Å². The van der Waals surface area contributed by atoms with Gasteiger partial charge in [0.1, 0.15) is 30.6 Å². The highest BCUT2D eigenvalue weighted by Crippen LogP contribution is 2.38. The van der Waals surface area contributed by atoms with Crippen LogP contribution >= 0.6 is 0 Å². The van der Waals surface area contributed by atoms with E-state index in [2.05, 4.69) is 0 Å². The van der Waals surface area contributed by atoms with E-state index in [0.717, 1.165) is 33.0 Å². The summed E-state index contributed by atoms with van der Waals surface area (Å²) in [5.74, 6) is -0.252. The van der Waals surface area contributed by atoms with E-state index in [1.807, 2.05) is 25.1 Å². The fraction of sp³-hybridized carbons (Fsp3) is 0.471. The predicted octanol–water partition coefficient (Wildman–Crippen LogP) is -0.730. The smallest absolute Gasteiger partial charge is 0.132 e. The van der Waals surface area contributed by atoms with Crippen LogP contribution in [0.25, 0.3) is 6.08 Å². The van der Waals surface area contributed by atoms with E-state index >= 15 is 0 Å². The Kier molecular flexibility index (Phi) is 3.50. The molecule has 5 heteroatoms. The predicted molar refractivity (Wildman–Crippen MR) is 79.1 cm³/mol. The number of fused-ring (bicyclic) bond motifs is 3. The van der Waals surface area contributed by atoms with Gasteiger partial charge in [-0.15, -0.1) is 0 Å². The summed E-state index contributed by atoms with van der Waals surface area (Å²) in [7, 11) is 0. The average molecular weight is 303 g/mol. The van der Waals surface area contributed by atoms with E-state index in [1.165, 1.54) is 0 Å². The first-order chi connectivity index (χ1) is 10.3. The van der Waals surface area contributed by atoms with Gasteiger partial charge in [0.15, 0.2) is 0 Å². The molecule has 1 aromatic carbocycles. The van der Waals surface area contributed by atoms with Gasteiger partial charge >= 0.3 is 0 Å². The standard InChI is InChI=1S/C17H21NO4/c1-10-6-11-4-5-12-7-14(17(2,3)21)22-16(12)13(11)8-18(10)9-15(19)20/h4-6,14,21H,7-9H2,1-3H3,(H,19,20)/t14-/m1/s1. The topological polar surface area (TPSA) is 74.0 Å². The number of nitrogens with one attached hydrogen (secondary N) is 1. The van der Waals surface area contributed by atoms with Crippen molar-refractivity contribution in [3.8, 4) is 5.75 Å².